The Morgan fingerprint density at radius 2 is 1.66 bits per heavy atom. The predicted molar refractivity (Wildman–Crippen MR) is 152 cm³/mol. The van der Waals surface area contributed by atoms with Crippen LogP contribution in [0.4, 0.5) is 0 Å². The first-order chi connectivity index (χ1) is 18.1. The molecule has 5 heterocycles. The molecule has 6 heteroatoms. The molecule has 0 amide bonds. The summed E-state index contributed by atoms with van der Waals surface area (Å²) in [5, 5.41) is 4.22. The summed E-state index contributed by atoms with van der Waals surface area (Å²) in [4.78, 5) is 13.7. The molecular weight excluding hydrogens is 667 g/mol. The first-order valence-corrected chi connectivity index (χ1v) is 12.9. The number of aryl methyl sites for hydroxylation is 3. The van der Waals surface area contributed by atoms with Crippen LogP contribution in [0.15, 0.2) is 88.8 Å². The number of aromatic nitrogens is 3. The molecule has 38 heavy (non-hydrogen) atoms. The van der Waals surface area contributed by atoms with E-state index in [1.165, 1.54) is 15.8 Å². The molecule has 0 N–H and O–H groups in total. The zero-order chi connectivity index (χ0) is 25.4. The normalized spacial score (nSPS) is 10.8. The molecule has 0 fully saturated rings. The number of pyridine rings is 3. The number of hydrogen-bond acceptors (Lipinski definition) is 5. The van der Waals surface area contributed by atoms with E-state index in [-0.39, 0.29) is 20.1 Å². The number of benzene rings is 2. The zero-order valence-corrected chi connectivity index (χ0v) is 24.3. The van der Waals surface area contributed by atoms with Crippen molar-refractivity contribution in [3.05, 3.63) is 113 Å². The van der Waals surface area contributed by atoms with E-state index in [1.54, 1.807) is 11.3 Å². The second-order valence-electron chi connectivity index (χ2n) is 8.96. The van der Waals surface area contributed by atoms with Gasteiger partial charge in [-0.2, -0.15) is 0 Å². The van der Waals surface area contributed by atoms with Gasteiger partial charge in [0.1, 0.15) is 0 Å². The fraction of sp³-hybridized carbons (Fsp3) is 0.0938. The molecule has 1 radical (unpaired) electrons. The number of thiophene rings is 1. The second-order valence-corrected chi connectivity index (χ2v) is 9.87. The van der Waals surface area contributed by atoms with E-state index in [9.17, 15) is 0 Å². The van der Waals surface area contributed by atoms with Gasteiger partial charge in [0.15, 0.2) is 0 Å². The maximum absolute atomic E-state index is 6.06. The number of fused-ring (bicyclic) bond motifs is 4. The largest absolute Gasteiger partial charge is 0.486 e. The zero-order valence-electron chi connectivity index (χ0n) is 21.1. The van der Waals surface area contributed by atoms with Gasteiger partial charge < -0.3 is 9.40 Å². The van der Waals surface area contributed by atoms with Gasteiger partial charge >= 0.3 is 0 Å². The van der Waals surface area contributed by atoms with Gasteiger partial charge in [0.2, 0.25) is 5.71 Å². The third-order valence-corrected chi connectivity index (χ3v) is 7.24. The predicted octanol–water partition coefficient (Wildman–Crippen LogP) is 8.53. The Morgan fingerprint density at radius 3 is 2.45 bits per heavy atom. The molecule has 0 spiro atoms. The van der Waals surface area contributed by atoms with E-state index >= 15 is 0 Å². The molecule has 0 bridgehead atoms. The summed E-state index contributed by atoms with van der Waals surface area (Å²) in [6.45, 7) is 6.09. The van der Waals surface area contributed by atoms with Crippen molar-refractivity contribution in [1.29, 1.82) is 0 Å². The third-order valence-electron chi connectivity index (χ3n) is 6.18. The minimum Gasteiger partial charge on any atom is -0.486 e. The Kier molecular flexibility index (Phi) is 7.48. The van der Waals surface area contributed by atoms with E-state index in [4.69, 9.17) is 9.40 Å². The van der Waals surface area contributed by atoms with Crippen molar-refractivity contribution in [2.45, 2.75) is 20.8 Å². The maximum atomic E-state index is 6.06. The molecule has 0 aliphatic carbocycles. The monoisotopic (exact) mass is 690 g/mol. The molecule has 0 atom stereocenters. The maximum Gasteiger partial charge on any atom is 0.216 e. The standard InChI is InChI=1S/C20H13N2OS.C12H10N.Ir/c1-11-10-24-17-9-8-16(22-18(11)17)15-5-3-4-13-14-7-6-12(2)21-20(14)23-19(13)15;1-10-7-8-12(13-9-10)11-5-3-2-4-6-11;/h3-4,6-10H,1-2H3;2-5,7-9H,1H3;/q2*-1;. The quantitative estimate of drug-likeness (QED) is 0.171. The molecule has 0 unspecified atom stereocenters. The van der Waals surface area contributed by atoms with Gasteiger partial charge in [0.25, 0.3) is 0 Å². The summed E-state index contributed by atoms with van der Waals surface area (Å²) in [5.74, 6) is 0. The molecule has 0 aliphatic heterocycles. The van der Waals surface area contributed by atoms with Crippen LogP contribution >= 0.6 is 11.3 Å². The molecule has 7 rings (SSSR count). The van der Waals surface area contributed by atoms with Crippen LogP contribution in [0, 0.1) is 32.9 Å². The average molecular weight is 690 g/mol. The van der Waals surface area contributed by atoms with Gasteiger partial charge in [-0.15, -0.1) is 65.4 Å². The number of hydrogen-bond donors (Lipinski definition) is 0. The van der Waals surface area contributed by atoms with Crippen molar-refractivity contribution in [2.75, 3.05) is 0 Å². The van der Waals surface area contributed by atoms with Crippen molar-refractivity contribution in [2.24, 2.45) is 0 Å². The molecule has 5 aromatic heterocycles. The Morgan fingerprint density at radius 1 is 0.789 bits per heavy atom. The van der Waals surface area contributed by atoms with E-state index in [0.29, 0.717) is 5.71 Å². The van der Waals surface area contributed by atoms with Gasteiger partial charge in [-0.3, -0.25) is 4.98 Å². The van der Waals surface area contributed by atoms with E-state index < -0.39 is 0 Å². The van der Waals surface area contributed by atoms with E-state index in [2.05, 4.69) is 52.6 Å². The van der Waals surface area contributed by atoms with Crippen LogP contribution in [0.25, 0.3) is 54.8 Å². The SMILES string of the molecule is Cc1ccc(-c2[c-]cccc2)nc1.Cc1ccc2c(n1)oc1c(-c3ccc4scc(C)c4n3)[c-]ccc12.[Ir]. The molecule has 0 saturated heterocycles. The van der Waals surface area contributed by atoms with E-state index in [1.807, 2.05) is 74.6 Å². The molecule has 4 nitrogen and oxygen atoms in total. The van der Waals surface area contributed by atoms with Crippen molar-refractivity contribution in [3.63, 3.8) is 0 Å². The van der Waals surface area contributed by atoms with Crippen molar-refractivity contribution in [1.82, 2.24) is 15.0 Å². The first-order valence-electron chi connectivity index (χ1n) is 12.0. The van der Waals surface area contributed by atoms with Gasteiger partial charge in [-0.25, -0.2) is 4.98 Å². The summed E-state index contributed by atoms with van der Waals surface area (Å²) in [5.41, 5.74) is 9.62. The Labute approximate surface area is 238 Å². The number of nitrogens with zero attached hydrogens (tertiary/aromatic N) is 3. The van der Waals surface area contributed by atoms with Crippen molar-refractivity contribution < 1.29 is 24.5 Å². The average Bonchev–Trinajstić information content (AvgIpc) is 3.49. The minimum absolute atomic E-state index is 0. The third kappa shape index (κ3) is 5.03. The summed E-state index contributed by atoms with van der Waals surface area (Å²) >= 11 is 1.72. The minimum atomic E-state index is 0. The van der Waals surface area contributed by atoms with Gasteiger partial charge in [-0.05, 0) is 66.9 Å². The molecular formula is C32H23IrN3OS-2. The summed E-state index contributed by atoms with van der Waals surface area (Å²) in [6.07, 6.45) is 1.87. The van der Waals surface area contributed by atoms with Crippen molar-refractivity contribution >= 4 is 43.6 Å². The van der Waals surface area contributed by atoms with Crippen LogP contribution in [0.1, 0.15) is 16.8 Å². The summed E-state index contributed by atoms with van der Waals surface area (Å²) in [7, 11) is 0. The fourth-order valence-electron chi connectivity index (χ4n) is 4.26. The Hall–Kier alpha value is -3.70. The second kappa shape index (κ2) is 11.0. The smallest absolute Gasteiger partial charge is 0.216 e. The fourth-order valence-corrected chi connectivity index (χ4v) is 5.14. The van der Waals surface area contributed by atoms with Crippen LogP contribution in [-0.2, 0) is 20.1 Å². The molecule has 189 valence electrons. The Balaban J connectivity index is 0.000000179. The molecule has 2 aromatic carbocycles. The first kappa shape index (κ1) is 25.9. The summed E-state index contributed by atoms with van der Waals surface area (Å²) < 4.78 is 7.26. The topological polar surface area (TPSA) is 51.8 Å². The Bertz CT molecular complexity index is 1860. The summed E-state index contributed by atoms with van der Waals surface area (Å²) in [6, 6.07) is 30.6. The molecule has 0 saturated carbocycles. The van der Waals surface area contributed by atoms with Crippen LogP contribution in [0.5, 0.6) is 0 Å². The molecule has 0 aliphatic rings. The number of furan rings is 1. The number of rotatable bonds is 2. The van der Waals surface area contributed by atoms with Crippen LogP contribution in [0.2, 0.25) is 0 Å². The molecule has 7 aromatic rings. The van der Waals surface area contributed by atoms with Crippen molar-refractivity contribution in [3.8, 4) is 22.5 Å². The van der Waals surface area contributed by atoms with Crippen LogP contribution < -0.4 is 0 Å². The van der Waals surface area contributed by atoms with Crippen LogP contribution in [0.3, 0.4) is 0 Å². The van der Waals surface area contributed by atoms with Gasteiger partial charge in [-0.1, -0.05) is 29.1 Å². The van der Waals surface area contributed by atoms with Crippen LogP contribution in [-0.4, -0.2) is 15.0 Å². The van der Waals surface area contributed by atoms with Gasteiger partial charge in [0.05, 0.1) is 15.8 Å². The van der Waals surface area contributed by atoms with E-state index in [0.717, 1.165) is 50.1 Å². The van der Waals surface area contributed by atoms with Gasteiger partial charge in [0, 0.05) is 37.4 Å².